The first-order chi connectivity index (χ1) is 10.7. The predicted molar refractivity (Wildman–Crippen MR) is 91.7 cm³/mol. The molecule has 0 aliphatic heterocycles. The van der Waals surface area contributed by atoms with Crippen LogP contribution < -0.4 is 16.4 Å². The van der Waals surface area contributed by atoms with Crippen molar-refractivity contribution in [3.05, 3.63) is 29.8 Å². The number of rotatable bonds is 7. The van der Waals surface area contributed by atoms with Crippen LogP contribution in [0, 0.1) is 0 Å². The lowest BCUT2D eigenvalue weighted by molar-refractivity contribution is -0.123. The normalized spacial score (nSPS) is 12.0. The molecule has 0 spiro atoms. The fourth-order valence-corrected chi connectivity index (χ4v) is 2.09. The highest BCUT2D eigenvalue weighted by Crippen LogP contribution is 2.14. The number of alkyl halides is 3. The lowest BCUT2D eigenvalue weighted by Crippen LogP contribution is -2.36. The van der Waals surface area contributed by atoms with Gasteiger partial charge in [0.15, 0.2) is 0 Å². The molecule has 136 valence electrons. The van der Waals surface area contributed by atoms with Gasteiger partial charge in [0.2, 0.25) is 5.91 Å². The first-order valence-corrected chi connectivity index (χ1v) is 8.12. The Morgan fingerprint density at radius 1 is 1.25 bits per heavy atom. The molecule has 2 amide bonds. The minimum Gasteiger partial charge on any atom is -0.343 e. The van der Waals surface area contributed by atoms with E-state index in [4.69, 9.17) is 5.73 Å². The van der Waals surface area contributed by atoms with E-state index in [2.05, 4.69) is 5.32 Å². The van der Waals surface area contributed by atoms with Gasteiger partial charge in [0.1, 0.15) is 6.54 Å². The number of thioether (sulfide) groups is 1. The molecule has 1 aromatic rings. The number of hydrogen-bond donors (Lipinski definition) is 3. The van der Waals surface area contributed by atoms with E-state index >= 15 is 0 Å². The topological polar surface area (TPSA) is 84.2 Å². The molecule has 10 heteroatoms. The lowest BCUT2D eigenvalue weighted by Gasteiger charge is -2.12. The minimum atomic E-state index is -4.46. The van der Waals surface area contributed by atoms with Gasteiger partial charge in [0, 0.05) is 11.3 Å². The summed E-state index contributed by atoms with van der Waals surface area (Å²) in [5.41, 5.74) is 6.20. The maximum atomic E-state index is 12.0. The predicted octanol–water partition coefficient (Wildman–Crippen LogP) is 2.42. The third kappa shape index (κ3) is 8.42. The van der Waals surface area contributed by atoms with Crippen LogP contribution in [0.3, 0.4) is 0 Å². The van der Waals surface area contributed by atoms with Crippen LogP contribution in [0.1, 0.15) is 16.8 Å². The van der Waals surface area contributed by atoms with Crippen LogP contribution in [0.25, 0.3) is 0 Å². The Bertz CT molecular complexity index is 541. The molecule has 0 unspecified atom stereocenters. The fourth-order valence-electron chi connectivity index (χ4n) is 1.60. The van der Waals surface area contributed by atoms with Gasteiger partial charge in [-0.05, 0) is 42.7 Å². The summed E-state index contributed by atoms with van der Waals surface area (Å²) in [6.45, 7) is -1.39. The second kappa shape index (κ2) is 10.4. The number of amides is 2. The molecule has 4 N–H and O–H groups in total. The summed E-state index contributed by atoms with van der Waals surface area (Å²) in [6.07, 6.45) is -2.02. The third-order valence-corrected chi connectivity index (χ3v) is 3.48. The molecule has 24 heavy (non-hydrogen) atoms. The number of nitrogens with two attached hydrogens (primary N) is 1. The van der Waals surface area contributed by atoms with E-state index in [1.54, 1.807) is 17.1 Å². The van der Waals surface area contributed by atoms with E-state index in [1.165, 1.54) is 24.3 Å². The average molecular weight is 386 g/mol. The van der Waals surface area contributed by atoms with Gasteiger partial charge in [0.05, 0.1) is 6.04 Å². The zero-order valence-corrected chi connectivity index (χ0v) is 14.5. The quantitative estimate of drug-likeness (QED) is 0.673. The molecule has 0 saturated carbocycles. The van der Waals surface area contributed by atoms with Crippen molar-refractivity contribution in [3.8, 4) is 0 Å². The number of hydrogen-bond acceptors (Lipinski definition) is 4. The number of carbonyl (C=O) groups is 2. The Hall–Kier alpha value is -1.45. The van der Waals surface area contributed by atoms with Gasteiger partial charge in [0.25, 0.3) is 5.91 Å². The maximum absolute atomic E-state index is 12.0. The lowest BCUT2D eigenvalue weighted by atomic mass is 10.1. The maximum Gasteiger partial charge on any atom is 0.405 e. The molecular formula is C14H19ClF3N3O2S. The summed E-state index contributed by atoms with van der Waals surface area (Å²) in [6, 6.07) is 4.88. The number of anilines is 1. The van der Waals surface area contributed by atoms with Gasteiger partial charge in [-0.3, -0.25) is 9.59 Å². The van der Waals surface area contributed by atoms with E-state index < -0.39 is 24.7 Å². The van der Waals surface area contributed by atoms with Crippen LogP contribution in [-0.2, 0) is 4.79 Å². The van der Waals surface area contributed by atoms with Crippen molar-refractivity contribution in [2.24, 2.45) is 5.73 Å². The summed E-state index contributed by atoms with van der Waals surface area (Å²) in [7, 11) is 0. The van der Waals surface area contributed by atoms with Crippen LogP contribution >= 0.6 is 24.2 Å². The fraction of sp³-hybridized carbons (Fsp3) is 0.429. The summed E-state index contributed by atoms with van der Waals surface area (Å²) < 4.78 is 36.1. The first-order valence-electron chi connectivity index (χ1n) is 6.73. The second-order valence-electron chi connectivity index (χ2n) is 4.75. The van der Waals surface area contributed by atoms with Crippen molar-refractivity contribution in [2.45, 2.75) is 18.6 Å². The van der Waals surface area contributed by atoms with Crippen LogP contribution in [0.5, 0.6) is 0 Å². The molecule has 0 heterocycles. The Morgan fingerprint density at radius 2 is 1.83 bits per heavy atom. The Labute approximate surface area is 148 Å². The van der Waals surface area contributed by atoms with E-state index in [0.29, 0.717) is 12.1 Å². The van der Waals surface area contributed by atoms with Gasteiger partial charge in [-0.2, -0.15) is 24.9 Å². The van der Waals surface area contributed by atoms with Crippen LogP contribution in [0.2, 0.25) is 0 Å². The molecule has 0 bridgehead atoms. The molecule has 0 radical (unpaired) electrons. The molecular weight excluding hydrogens is 367 g/mol. The number of nitrogens with one attached hydrogen (secondary N) is 2. The van der Waals surface area contributed by atoms with Crippen molar-refractivity contribution >= 4 is 41.7 Å². The highest BCUT2D eigenvalue weighted by atomic mass is 35.5. The molecule has 0 aliphatic rings. The number of halogens is 4. The summed E-state index contributed by atoms with van der Waals surface area (Å²) in [5, 5.41) is 4.36. The SMILES string of the molecule is CSCC[C@H](N)C(=O)Nc1ccc(C(=O)NCC(F)(F)F)cc1.Cl. The molecule has 0 saturated heterocycles. The molecule has 1 atom stereocenters. The molecule has 1 rings (SSSR count). The zero-order chi connectivity index (χ0) is 17.5. The summed E-state index contributed by atoms with van der Waals surface area (Å²) in [5.74, 6) is -0.433. The van der Waals surface area contributed by atoms with E-state index in [0.717, 1.165) is 5.75 Å². The molecule has 5 nitrogen and oxygen atoms in total. The molecule has 1 aromatic carbocycles. The molecule has 0 fully saturated rings. The van der Waals surface area contributed by atoms with E-state index in [-0.39, 0.29) is 23.9 Å². The standard InChI is InChI=1S/C14H18F3N3O2S.ClH/c1-23-7-6-11(18)13(22)20-10-4-2-9(3-5-10)12(21)19-8-14(15,16)17;/h2-5,11H,6-8,18H2,1H3,(H,19,21)(H,20,22);1H/t11-;/m0./s1. The zero-order valence-electron chi connectivity index (χ0n) is 12.9. The summed E-state index contributed by atoms with van der Waals surface area (Å²) >= 11 is 1.58. The van der Waals surface area contributed by atoms with Gasteiger partial charge >= 0.3 is 6.18 Å². The highest BCUT2D eigenvalue weighted by molar-refractivity contribution is 7.98. The largest absolute Gasteiger partial charge is 0.405 e. The van der Waals surface area contributed by atoms with Crippen molar-refractivity contribution in [3.63, 3.8) is 0 Å². The van der Waals surface area contributed by atoms with Crippen LogP contribution in [0.15, 0.2) is 24.3 Å². The minimum absolute atomic E-state index is 0. The van der Waals surface area contributed by atoms with Crippen LogP contribution in [0.4, 0.5) is 18.9 Å². The van der Waals surface area contributed by atoms with Gasteiger partial charge < -0.3 is 16.4 Å². The van der Waals surface area contributed by atoms with E-state index in [9.17, 15) is 22.8 Å². The van der Waals surface area contributed by atoms with Crippen molar-refractivity contribution in [1.82, 2.24) is 5.32 Å². The Balaban J connectivity index is 0.00000529. The number of carbonyl (C=O) groups excluding carboxylic acids is 2. The average Bonchev–Trinajstić information content (AvgIpc) is 2.50. The number of benzene rings is 1. The Morgan fingerprint density at radius 3 is 2.33 bits per heavy atom. The second-order valence-corrected chi connectivity index (χ2v) is 5.74. The van der Waals surface area contributed by atoms with Crippen molar-refractivity contribution in [2.75, 3.05) is 23.9 Å². The van der Waals surface area contributed by atoms with Gasteiger partial charge in [-0.15, -0.1) is 12.4 Å². The van der Waals surface area contributed by atoms with E-state index in [1.807, 2.05) is 6.26 Å². The third-order valence-electron chi connectivity index (χ3n) is 2.83. The molecule has 0 aliphatic carbocycles. The highest BCUT2D eigenvalue weighted by Gasteiger charge is 2.27. The monoisotopic (exact) mass is 385 g/mol. The van der Waals surface area contributed by atoms with Gasteiger partial charge in [-0.1, -0.05) is 0 Å². The Kier molecular flexibility index (Phi) is 9.79. The molecule has 0 aromatic heterocycles. The van der Waals surface area contributed by atoms with Gasteiger partial charge in [-0.25, -0.2) is 0 Å². The van der Waals surface area contributed by atoms with Crippen LogP contribution in [-0.4, -0.2) is 42.6 Å². The van der Waals surface area contributed by atoms with Crippen molar-refractivity contribution < 1.29 is 22.8 Å². The first kappa shape index (κ1) is 22.6. The summed E-state index contributed by atoms with van der Waals surface area (Å²) in [4.78, 5) is 23.3. The van der Waals surface area contributed by atoms with Crippen molar-refractivity contribution in [1.29, 1.82) is 0 Å². The smallest absolute Gasteiger partial charge is 0.343 e.